The monoisotopic (exact) mass is 392 g/mol. The average molecular weight is 393 g/mol. The van der Waals surface area contributed by atoms with Crippen LogP contribution in [-0.4, -0.2) is 60.9 Å². The Bertz CT molecular complexity index is 787. The van der Waals surface area contributed by atoms with Gasteiger partial charge in [-0.15, -0.1) is 0 Å². The van der Waals surface area contributed by atoms with E-state index >= 15 is 0 Å². The number of hydrogen-bond donors (Lipinski definition) is 1. The first-order valence-corrected chi connectivity index (χ1v) is 11.3. The Balaban J connectivity index is 1.36. The van der Waals surface area contributed by atoms with Gasteiger partial charge in [0, 0.05) is 32.1 Å². The second kappa shape index (κ2) is 7.18. The van der Waals surface area contributed by atoms with Gasteiger partial charge < -0.3 is 10.0 Å². The van der Waals surface area contributed by atoms with Gasteiger partial charge in [0.15, 0.2) is 0 Å². The van der Waals surface area contributed by atoms with E-state index in [2.05, 4.69) is 0 Å². The number of carbonyl (C=O) groups is 1. The van der Waals surface area contributed by atoms with Crippen molar-refractivity contribution in [1.29, 1.82) is 0 Å². The number of benzene rings is 1. The molecule has 2 bridgehead atoms. The lowest BCUT2D eigenvalue weighted by atomic mass is 9.90. The summed E-state index contributed by atoms with van der Waals surface area (Å²) in [7, 11) is -1.60. The standard InChI is InChI=1S/C20H28N2O4S/c1-21(18-12-16-11-15(18)13-19(16)23)20(24)14-7-9-22(10-8-14)27(25,26)17-5-3-2-4-6-17/h2-6,14-16,18-19,23H,7-13H2,1H3. The van der Waals surface area contributed by atoms with Crippen molar-refractivity contribution in [3.8, 4) is 0 Å². The molecule has 1 heterocycles. The van der Waals surface area contributed by atoms with Crippen LogP contribution in [0.15, 0.2) is 35.2 Å². The molecule has 148 valence electrons. The Hall–Kier alpha value is -1.44. The van der Waals surface area contributed by atoms with Gasteiger partial charge in [0.2, 0.25) is 15.9 Å². The maximum Gasteiger partial charge on any atom is 0.243 e. The zero-order chi connectivity index (χ0) is 19.2. The minimum absolute atomic E-state index is 0.110. The van der Waals surface area contributed by atoms with E-state index in [9.17, 15) is 18.3 Å². The molecule has 0 spiro atoms. The molecule has 4 atom stereocenters. The Morgan fingerprint density at radius 3 is 2.30 bits per heavy atom. The van der Waals surface area contributed by atoms with Crippen LogP contribution in [0.3, 0.4) is 0 Å². The fourth-order valence-corrected chi connectivity index (χ4v) is 6.72. The Labute approximate surface area is 161 Å². The summed E-state index contributed by atoms with van der Waals surface area (Å²) < 4.78 is 27.0. The van der Waals surface area contributed by atoms with Crippen molar-refractivity contribution in [2.75, 3.05) is 20.1 Å². The molecule has 4 rings (SSSR count). The first kappa shape index (κ1) is 18.9. The molecule has 1 amide bonds. The predicted octanol–water partition coefficient (Wildman–Crippen LogP) is 1.71. The second-order valence-electron chi connectivity index (χ2n) is 8.30. The Morgan fingerprint density at radius 1 is 1.07 bits per heavy atom. The molecule has 0 aromatic heterocycles. The summed E-state index contributed by atoms with van der Waals surface area (Å²) in [5, 5.41) is 9.94. The summed E-state index contributed by atoms with van der Waals surface area (Å²) in [5.74, 6) is 0.783. The third-order valence-corrected chi connectivity index (χ3v) is 8.72. The number of aliphatic hydroxyl groups excluding tert-OH is 1. The van der Waals surface area contributed by atoms with Crippen LogP contribution in [0.5, 0.6) is 0 Å². The number of aliphatic hydroxyl groups is 1. The van der Waals surface area contributed by atoms with E-state index in [1.807, 2.05) is 11.9 Å². The van der Waals surface area contributed by atoms with Gasteiger partial charge in [0.1, 0.15) is 0 Å². The zero-order valence-corrected chi connectivity index (χ0v) is 16.5. The lowest BCUT2D eigenvalue weighted by molar-refractivity contribution is -0.139. The number of amides is 1. The first-order valence-electron chi connectivity index (χ1n) is 9.88. The molecule has 2 aliphatic carbocycles. The zero-order valence-electron chi connectivity index (χ0n) is 15.7. The Kier molecular flexibility index (Phi) is 5.03. The molecule has 7 heteroatoms. The van der Waals surface area contributed by atoms with Gasteiger partial charge in [-0.05, 0) is 56.1 Å². The van der Waals surface area contributed by atoms with Crippen LogP contribution >= 0.6 is 0 Å². The predicted molar refractivity (Wildman–Crippen MR) is 101 cm³/mol. The number of hydrogen-bond acceptors (Lipinski definition) is 4. The van der Waals surface area contributed by atoms with Gasteiger partial charge in [0.25, 0.3) is 0 Å². The molecule has 6 nitrogen and oxygen atoms in total. The van der Waals surface area contributed by atoms with Crippen molar-refractivity contribution in [3.05, 3.63) is 30.3 Å². The van der Waals surface area contributed by atoms with Crippen LogP contribution in [0, 0.1) is 17.8 Å². The molecular formula is C20H28N2O4S. The molecule has 27 heavy (non-hydrogen) atoms. The highest BCUT2D eigenvalue weighted by atomic mass is 32.2. The van der Waals surface area contributed by atoms with E-state index < -0.39 is 10.0 Å². The lowest BCUT2D eigenvalue weighted by Gasteiger charge is -2.37. The number of fused-ring (bicyclic) bond motifs is 2. The minimum atomic E-state index is -3.48. The molecular weight excluding hydrogens is 364 g/mol. The number of carbonyl (C=O) groups excluding carboxylic acids is 1. The van der Waals surface area contributed by atoms with E-state index in [1.165, 1.54) is 4.31 Å². The second-order valence-corrected chi connectivity index (χ2v) is 10.2. The van der Waals surface area contributed by atoms with E-state index in [0.29, 0.717) is 42.7 Å². The molecule has 2 saturated carbocycles. The maximum absolute atomic E-state index is 13.0. The normalized spacial score (nSPS) is 31.9. The first-order chi connectivity index (χ1) is 12.9. The van der Waals surface area contributed by atoms with E-state index in [4.69, 9.17) is 0 Å². The number of rotatable bonds is 4. The molecule has 3 fully saturated rings. The van der Waals surface area contributed by atoms with Crippen LogP contribution in [0.1, 0.15) is 32.1 Å². The van der Waals surface area contributed by atoms with Crippen LogP contribution in [-0.2, 0) is 14.8 Å². The third kappa shape index (κ3) is 3.41. The summed E-state index contributed by atoms with van der Waals surface area (Å²) in [6.45, 7) is 0.772. The van der Waals surface area contributed by atoms with Gasteiger partial charge in [-0.3, -0.25) is 4.79 Å². The van der Waals surface area contributed by atoms with Crippen LogP contribution in [0.25, 0.3) is 0 Å². The summed E-state index contributed by atoms with van der Waals surface area (Å²) >= 11 is 0. The molecule has 1 N–H and O–H groups in total. The summed E-state index contributed by atoms with van der Waals surface area (Å²) in [6.07, 6.45) is 3.67. The van der Waals surface area contributed by atoms with Crippen molar-refractivity contribution in [1.82, 2.24) is 9.21 Å². The van der Waals surface area contributed by atoms with Crippen LogP contribution < -0.4 is 0 Å². The average Bonchev–Trinajstić information content (AvgIpc) is 3.27. The van der Waals surface area contributed by atoms with E-state index in [0.717, 1.165) is 19.3 Å². The fourth-order valence-electron chi connectivity index (χ4n) is 5.23. The highest BCUT2D eigenvalue weighted by molar-refractivity contribution is 7.89. The van der Waals surface area contributed by atoms with E-state index in [1.54, 1.807) is 30.3 Å². The van der Waals surface area contributed by atoms with Crippen LogP contribution in [0.2, 0.25) is 0 Å². The summed E-state index contributed by atoms with van der Waals surface area (Å²) in [4.78, 5) is 15.2. The highest BCUT2D eigenvalue weighted by Crippen LogP contribution is 2.47. The molecule has 1 aliphatic heterocycles. The third-order valence-electron chi connectivity index (χ3n) is 6.81. The number of piperidine rings is 1. The smallest absolute Gasteiger partial charge is 0.243 e. The topological polar surface area (TPSA) is 77.9 Å². The van der Waals surface area contributed by atoms with E-state index in [-0.39, 0.29) is 24.0 Å². The molecule has 1 aromatic carbocycles. The number of nitrogens with zero attached hydrogens (tertiary/aromatic N) is 2. The largest absolute Gasteiger partial charge is 0.393 e. The van der Waals surface area contributed by atoms with Gasteiger partial charge >= 0.3 is 0 Å². The van der Waals surface area contributed by atoms with Crippen molar-refractivity contribution in [2.24, 2.45) is 17.8 Å². The molecule has 3 aliphatic rings. The molecule has 0 radical (unpaired) electrons. The van der Waals surface area contributed by atoms with Gasteiger partial charge in [-0.2, -0.15) is 4.31 Å². The Morgan fingerprint density at radius 2 is 1.74 bits per heavy atom. The van der Waals surface area contributed by atoms with Gasteiger partial charge in [-0.25, -0.2) is 8.42 Å². The molecule has 1 aromatic rings. The van der Waals surface area contributed by atoms with Crippen molar-refractivity contribution in [2.45, 2.75) is 49.1 Å². The van der Waals surface area contributed by atoms with Crippen LogP contribution in [0.4, 0.5) is 0 Å². The number of sulfonamides is 1. The van der Waals surface area contributed by atoms with Gasteiger partial charge in [-0.1, -0.05) is 18.2 Å². The van der Waals surface area contributed by atoms with Crippen molar-refractivity contribution in [3.63, 3.8) is 0 Å². The van der Waals surface area contributed by atoms with Crippen molar-refractivity contribution >= 4 is 15.9 Å². The summed E-state index contributed by atoms with van der Waals surface area (Å²) in [6, 6.07) is 8.72. The molecule has 1 saturated heterocycles. The van der Waals surface area contributed by atoms with Gasteiger partial charge in [0.05, 0.1) is 11.0 Å². The lowest BCUT2D eigenvalue weighted by Crippen LogP contribution is -2.48. The SMILES string of the molecule is CN(C(=O)C1CCN(S(=O)(=O)c2ccccc2)CC1)C1CC2CC1CC2O. The highest BCUT2D eigenvalue weighted by Gasteiger charge is 2.48. The minimum Gasteiger partial charge on any atom is -0.393 e. The molecule has 4 unspecified atom stereocenters. The fraction of sp³-hybridized carbons (Fsp3) is 0.650. The maximum atomic E-state index is 13.0. The quantitative estimate of drug-likeness (QED) is 0.846. The van der Waals surface area contributed by atoms with Crippen molar-refractivity contribution < 1.29 is 18.3 Å². The summed E-state index contributed by atoms with van der Waals surface area (Å²) in [5.41, 5.74) is 0.